The molecule has 4 nitrogen and oxygen atoms in total. The molecule has 1 fully saturated rings. The van der Waals surface area contributed by atoms with E-state index in [4.69, 9.17) is 9.84 Å². The number of carbonyl (C=O) groups is 1. The van der Waals surface area contributed by atoms with Crippen LogP contribution < -0.4 is 5.32 Å². The summed E-state index contributed by atoms with van der Waals surface area (Å²) in [4.78, 5) is 10.2. The van der Waals surface area contributed by atoms with E-state index in [-0.39, 0.29) is 18.2 Å². The molecule has 0 radical (unpaired) electrons. The highest BCUT2D eigenvalue weighted by molar-refractivity contribution is 5.66. The predicted molar refractivity (Wildman–Crippen MR) is 43.8 cm³/mol. The first-order valence-corrected chi connectivity index (χ1v) is 4.13. The van der Waals surface area contributed by atoms with Crippen LogP contribution in [0.2, 0.25) is 0 Å². The number of aliphatic carboxylic acids is 1. The Labute approximate surface area is 71.9 Å². The Bertz CT molecular complexity index is 179. The molecule has 1 heterocycles. The third-order valence-electron chi connectivity index (χ3n) is 1.90. The first kappa shape index (κ1) is 9.48. The minimum Gasteiger partial charge on any atom is -0.481 e. The Kier molecular flexibility index (Phi) is 2.69. The maximum Gasteiger partial charge on any atom is 0.303 e. The fraction of sp³-hybridized carbons (Fsp3) is 0.875. The smallest absolute Gasteiger partial charge is 0.303 e. The molecule has 0 unspecified atom stereocenters. The summed E-state index contributed by atoms with van der Waals surface area (Å²) in [7, 11) is 0. The van der Waals surface area contributed by atoms with Gasteiger partial charge >= 0.3 is 5.97 Å². The normalized spacial score (nSPS) is 27.3. The van der Waals surface area contributed by atoms with Crippen LogP contribution >= 0.6 is 0 Å². The van der Waals surface area contributed by atoms with E-state index in [0.717, 1.165) is 0 Å². The van der Waals surface area contributed by atoms with Crippen LogP contribution in [-0.4, -0.2) is 29.4 Å². The molecule has 0 spiro atoms. The molecular weight excluding hydrogens is 158 g/mol. The fourth-order valence-corrected chi connectivity index (χ4v) is 1.34. The van der Waals surface area contributed by atoms with Crippen molar-refractivity contribution in [1.82, 2.24) is 5.32 Å². The zero-order valence-corrected chi connectivity index (χ0v) is 7.46. The van der Waals surface area contributed by atoms with Gasteiger partial charge in [0.2, 0.25) is 0 Å². The third-order valence-corrected chi connectivity index (χ3v) is 1.90. The topological polar surface area (TPSA) is 58.6 Å². The largest absolute Gasteiger partial charge is 0.481 e. The average molecular weight is 173 g/mol. The highest BCUT2D eigenvalue weighted by atomic mass is 16.5. The van der Waals surface area contributed by atoms with Gasteiger partial charge in [-0.3, -0.25) is 10.1 Å². The number of ether oxygens (including phenoxy) is 1. The Hall–Kier alpha value is -0.610. The molecule has 0 aromatic heterocycles. The summed E-state index contributed by atoms with van der Waals surface area (Å²) < 4.78 is 5.38. The van der Waals surface area contributed by atoms with Gasteiger partial charge in [0.1, 0.15) is 5.72 Å². The van der Waals surface area contributed by atoms with E-state index in [1.54, 1.807) is 0 Å². The predicted octanol–water partition coefficient (Wildman–Crippen LogP) is 0.576. The first-order valence-electron chi connectivity index (χ1n) is 4.13. The molecule has 0 aliphatic carbocycles. The fourth-order valence-electron chi connectivity index (χ4n) is 1.34. The van der Waals surface area contributed by atoms with Crippen molar-refractivity contribution in [3.8, 4) is 0 Å². The van der Waals surface area contributed by atoms with Gasteiger partial charge in [0, 0.05) is 12.5 Å². The van der Waals surface area contributed by atoms with Gasteiger partial charge in [-0.05, 0) is 20.3 Å². The van der Waals surface area contributed by atoms with Crippen molar-refractivity contribution in [2.45, 2.75) is 38.5 Å². The second-order valence-electron chi connectivity index (χ2n) is 3.59. The summed E-state index contributed by atoms with van der Waals surface area (Å²) >= 11 is 0. The second kappa shape index (κ2) is 3.41. The lowest BCUT2D eigenvalue weighted by Crippen LogP contribution is -2.38. The highest BCUT2D eigenvalue weighted by Crippen LogP contribution is 2.16. The summed E-state index contributed by atoms with van der Waals surface area (Å²) in [6.45, 7) is 4.49. The van der Waals surface area contributed by atoms with Crippen molar-refractivity contribution in [2.75, 3.05) is 6.61 Å². The van der Waals surface area contributed by atoms with Crippen molar-refractivity contribution in [3.63, 3.8) is 0 Å². The molecule has 0 saturated carbocycles. The molecule has 1 rings (SSSR count). The Morgan fingerprint density at radius 1 is 1.75 bits per heavy atom. The van der Waals surface area contributed by atoms with Crippen molar-refractivity contribution in [2.24, 2.45) is 0 Å². The number of hydrogen-bond acceptors (Lipinski definition) is 3. The average Bonchev–Trinajstić information content (AvgIpc) is 2.26. The van der Waals surface area contributed by atoms with Gasteiger partial charge < -0.3 is 9.84 Å². The highest BCUT2D eigenvalue weighted by Gasteiger charge is 2.30. The molecule has 0 aromatic carbocycles. The van der Waals surface area contributed by atoms with Crippen LogP contribution in [-0.2, 0) is 9.53 Å². The van der Waals surface area contributed by atoms with E-state index in [2.05, 4.69) is 5.32 Å². The SMILES string of the molecule is CC1(C)N[C@H](CCC(=O)O)CO1. The standard InChI is InChI=1S/C8H15NO3/c1-8(2)9-6(5-12-8)3-4-7(10)11/h6,9H,3-5H2,1-2H3,(H,10,11)/t6-/m1/s1. The van der Waals surface area contributed by atoms with Crippen LogP contribution in [0.15, 0.2) is 0 Å². The van der Waals surface area contributed by atoms with Crippen LogP contribution in [0.5, 0.6) is 0 Å². The number of nitrogens with one attached hydrogen (secondary N) is 1. The van der Waals surface area contributed by atoms with Crippen LogP contribution in [0.3, 0.4) is 0 Å². The van der Waals surface area contributed by atoms with Gasteiger partial charge in [-0.15, -0.1) is 0 Å². The van der Waals surface area contributed by atoms with Gasteiger partial charge in [-0.25, -0.2) is 0 Å². The van der Waals surface area contributed by atoms with Gasteiger partial charge in [-0.2, -0.15) is 0 Å². The second-order valence-corrected chi connectivity index (χ2v) is 3.59. The molecule has 0 aromatic rings. The van der Waals surface area contributed by atoms with E-state index in [1.807, 2.05) is 13.8 Å². The zero-order valence-electron chi connectivity index (χ0n) is 7.46. The lowest BCUT2D eigenvalue weighted by Gasteiger charge is -2.17. The molecule has 0 amide bonds. The third kappa shape index (κ3) is 2.79. The Morgan fingerprint density at radius 3 is 2.83 bits per heavy atom. The monoisotopic (exact) mass is 173 g/mol. The summed E-state index contributed by atoms with van der Waals surface area (Å²) in [5, 5.41) is 11.6. The summed E-state index contributed by atoms with van der Waals surface area (Å²) in [5.74, 6) is -0.749. The van der Waals surface area contributed by atoms with Crippen LogP contribution in [0.4, 0.5) is 0 Å². The van der Waals surface area contributed by atoms with E-state index in [0.29, 0.717) is 13.0 Å². The molecule has 12 heavy (non-hydrogen) atoms. The van der Waals surface area contributed by atoms with Crippen molar-refractivity contribution in [3.05, 3.63) is 0 Å². The van der Waals surface area contributed by atoms with E-state index >= 15 is 0 Å². The summed E-state index contributed by atoms with van der Waals surface area (Å²) in [5.41, 5.74) is -0.289. The number of carboxylic acid groups (broad SMARTS) is 1. The first-order chi connectivity index (χ1) is 5.49. The molecule has 0 bridgehead atoms. The quantitative estimate of drug-likeness (QED) is 0.655. The molecular formula is C8H15NO3. The maximum absolute atomic E-state index is 10.2. The minimum atomic E-state index is -0.749. The Morgan fingerprint density at radius 2 is 2.42 bits per heavy atom. The van der Waals surface area contributed by atoms with Crippen molar-refractivity contribution >= 4 is 5.97 Å². The molecule has 4 heteroatoms. The minimum absolute atomic E-state index is 0.191. The van der Waals surface area contributed by atoms with Crippen LogP contribution in [0.25, 0.3) is 0 Å². The zero-order chi connectivity index (χ0) is 9.19. The van der Waals surface area contributed by atoms with E-state index in [1.165, 1.54) is 0 Å². The molecule has 1 aliphatic heterocycles. The molecule has 1 saturated heterocycles. The van der Waals surface area contributed by atoms with E-state index in [9.17, 15) is 4.79 Å². The molecule has 2 N–H and O–H groups in total. The number of carboxylic acids is 1. The van der Waals surface area contributed by atoms with Crippen molar-refractivity contribution < 1.29 is 14.6 Å². The summed E-state index contributed by atoms with van der Waals surface area (Å²) in [6.07, 6.45) is 0.843. The summed E-state index contributed by atoms with van der Waals surface area (Å²) in [6, 6.07) is 0.191. The van der Waals surface area contributed by atoms with Crippen molar-refractivity contribution in [1.29, 1.82) is 0 Å². The molecule has 1 aliphatic rings. The number of rotatable bonds is 3. The Balaban J connectivity index is 2.24. The van der Waals surface area contributed by atoms with Gasteiger partial charge in [0.05, 0.1) is 6.61 Å². The molecule has 1 atom stereocenters. The van der Waals surface area contributed by atoms with Gasteiger partial charge in [0.25, 0.3) is 0 Å². The van der Waals surface area contributed by atoms with Crippen LogP contribution in [0.1, 0.15) is 26.7 Å². The number of hydrogen-bond donors (Lipinski definition) is 2. The lowest BCUT2D eigenvalue weighted by atomic mass is 10.1. The van der Waals surface area contributed by atoms with Crippen LogP contribution in [0, 0.1) is 0 Å². The molecule has 70 valence electrons. The maximum atomic E-state index is 10.2. The van der Waals surface area contributed by atoms with Gasteiger partial charge in [0.15, 0.2) is 0 Å². The van der Waals surface area contributed by atoms with E-state index < -0.39 is 5.97 Å². The van der Waals surface area contributed by atoms with Gasteiger partial charge in [-0.1, -0.05) is 0 Å². The lowest BCUT2D eigenvalue weighted by molar-refractivity contribution is -0.137.